The molecule has 0 spiro atoms. The number of anilines is 3. The Bertz CT molecular complexity index is 1160. The maximum atomic E-state index is 15.0. The summed E-state index contributed by atoms with van der Waals surface area (Å²) in [5.41, 5.74) is 8.28. The number of nitrogens with two attached hydrogens (primary N) is 1. The van der Waals surface area contributed by atoms with Crippen molar-refractivity contribution in [1.82, 2.24) is 9.97 Å². The van der Waals surface area contributed by atoms with Gasteiger partial charge in [-0.2, -0.15) is 0 Å². The quantitative estimate of drug-likeness (QED) is 0.406. The van der Waals surface area contributed by atoms with Gasteiger partial charge in [-0.3, -0.25) is 5.32 Å². The molecule has 5 rings (SSSR count). The third-order valence-electron chi connectivity index (χ3n) is 5.72. The molecule has 0 atom stereocenters. The normalized spacial score (nSPS) is 14.6. The van der Waals surface area contributed by atoms with E-state index in [-0.39, 0.29) is 17.1 Å². The summed E-state index contributed by atoms with van der Waals surface area (Å²) in [7, 11) is 0. The van der Waals surface area contributed by atoms with Crippen molar-refractivity contribution >= 4 is 34.1 Å². The molecule has 8 nitrogen and oxygen atoms in total. The van der Waals surface area contributed by atoms with Crippen LogP contribution in [0.4, 0.5) is 26.4 Å². The maximum absolute atomic E-state index is 15.0. The second-order valence-electron chi connectivity index (χ2n) is 7.89. The zero-order chi connectivity index (χ0) is 22.7. The smallest absolute Gasteiger partial charge is 0.410 e. The Kier molecular flexibility index (Phi) is 6.25. The van der Waals surface area contributed by atoms with Crippen molar-refractivity contribution in [2.45, 2.75) is 39.0 Å². The lowest BCUT2D eigenvalue weighted by atomic mass is 9.97. The van der Waals surface area contributed by atoms with E-state index >= 15 is 0 Å². The number of halogens is 1. The summed E-state index contributed by atoms with van der Waals surface area (Å²) in [4.78, 5) is 19.1. The van der Waals surface area contributed by atoms with E-state index in [2.05, 4.69) is 20.6 Å². The van der Waals surface area contributed by atoms with Gasteiger partial charge in [0.05, 0.1) is 5.69 Å². The Morgan fingerprint density at radius 3 is 2.56 bits per heavy atom. The van der Waals surface area contributed by atoms with Crippen molar-refractivity contribution in [2.24, 2.45) is 0 Å². The van der Waals surface area contributed by atoms with Gasteiger partial charge >= 0.3 is 6.09 Å². The highest BCUT2D eigenvalue weighted by Gasteiger charge is 2.21. The molecule has 1 aliphatic heterocycles. The molecule has 1 fully saturated rings. The fraction of sp³-hybridized carbons (Fsp3) is 0.348. The van der Waals surface area contributed by atoms with Gasteiger partial charge in [0, 0.05) is 35.5 Å². The van der Waals surface area contributed by atoms with Crippen molar-refractivity contribution < 1.29 is 19.0 Å². The molecule has 1 aromatic carbocycles. The molecular formula is C23H26FN5O3. The summed E-state index contributed by atoms with van der Waals surface area (Å²) in [6, 6.07) is 3.11. The highest BCUT2D eigenvalue weighted by molar-refractivity contribution is 5.99. The number of hydrogen-bond acceptors (Lipinski definition) is 6. The number of hydrogen-bond donors (Lipinski definition) is 4. The minimum Gasteiger partial charge on any atom is -0.474 e. The predicted molar refractivity (Wildman–Crippen MR) is 123 cm³/mol. The first kappa shape index (κ1) is 21.6. The average Bonchev–Trinajstić information content (AvgIpc) is 3.37. The lowest BCUT2D eigenvalue weighted by Gasteiger charge is -2.22. The molecule has 2 aromatic heterocycles. The highest BCUT2D eigenvalue weighted by atomic mass is 19.1. The maximum Gasteiger partial charge on any atom is 0.410 e. The van der Waals surface area contributed by atoms with E-state index in [4.69, 9.17) is 15.6 Å². The lowest BCUT2D eigenvalue weighted by molar-refractivity contribution is 0.209. The van der Waals surface area contributed by atoms with Crippen LogP contribution in [0.3, 0.4) is 0 Å². The summed E-state index contributed by atoms with van der Waals surface area (Å²) in [6.45, 7) is 3.00. The Morgan fingerprint density at radius 1 is 1.16 bits per heavy atom. The van der Waals surface area contributed by atoms with Crippen molar-refractivity contribution in [2.75, 3.05) is 29.5 Å². The van der Waals surface area contributed by atoms with Crippen LogP contribution < -0.4 is 21.1 Å². The van der Waals surface area contributed by atoms with E-state index in [9.17, 15) is 9.18 Å². The Morgan fingerprint density at radius 2 is 1.88 bits per heavy atom. The minimum absolute atomic E-state index is 0.0572. The molecule has 0 unspecified atom stereocenters. The van der Waals surface area contributed by atoms with Crippen LogP contribution in [-0.2, 0) is 0 Å². The molecule has 1 saturated carbocycles. The third-order valence-corrected chi connectivity index (χ3v) is 5.72. The molecule has 3 aromatic rings. The monoisotopic (exact) mass is 439 g/mol. The van der Waals surface area contributed by atoms with Gasteiger partial charge in [-0.15, -0.1) is 0 Å². The number of ether oxygens (including phenoxy) is 1. The fourth-order valence-electron chi connectivity index (χ4n) is 4.05. The summed E-state index contributed by atoms with van der Waals surface area (Å²) in [5, 5.41) is 15.2. The number of aromatic nitrogens is 2. The number of benzene rings is 1. The molecule has 1 amide bonds. The van der Waals surface area contributed by atoms with E-state index in [1.54, 1.807) is 12.3 Å². The van der Waals surface area contributed by atoms with Crippen LogP contribution in [0.1, 0.15) is 37.7 Å². The predicted octanol–water partition coefficient (Wildman–Crippen LogP) is 5.17. The molecular weight excluding hydrogens is 413 g/mol. The molecule has 9 heteroatoms. The molecule has 168 valence electrons. The van der Waals surface area contributed by atoms with Crippen LogP contribution in [0.5, 0.6) is 5.88 Å². The van der Waals surface area contributed by atoms with Gasteiger partial charge in [0.15, 0.2) is 5.82 Å². The van der Waals surface area contributed by atoms with Crippen LogP contribution in [0.2, 0.25) is 0 Å². The number of rotatable bonds is 2. The third kappa shape index (κ3) is 4.37. The SMILES string of the molecule is C1CCCC1.Cc1c(-c2cc3cc(NC(=O)O)ncc3c(N)c2F)cnc2c1NCCO2. The summed E-state index contributed by atoms with van der Waals surface area (Å²) in [6.07, 6.45) is 9.15. The van der Waals surface area contributed by atoms with E-state index in [0.717, 1.165) is 11.3 Å². The van der Waals surface area contributed by atoms with Crippen LogP contribution in [-0.4, -0.2) is 34.3 Å². The number of nitrogen functional groups attached to an aromatic ring is 1. The molecule has 0 saturated heterocycles. The van der Waals surface area contributed by atoms with Crippen LogP contribution in [0.25, 0.3) is 21.9 Å². The van der Waals surface area contributed by atoms with E-state index in [1.807, 2.05) is 6.92 Å². The Hall–Kier alpha value is -3.62. The number of amides is 1. The van der Waals surface area contributed by atoms with E-state index in [0.29, 0.717) is 35.4 Å². The van der Waals surface area contributed by atoms with Crippen molar-refractivity contribution in [3.63, 3.8) is 0 Å². The van der Waals surface area contributed by atoms with E-state index in [1.165, 1.54) is 44.4 Å². The minimum atomic E-state index is -1.24. The second-order valence-corrected chi connectivity index (χ2v) is 7.89. The molecule has 3 heterocycles. The number of fused-ring (bicyclic) bond motifs is 2. The van der Waals surface area contributed by atoms with Gasteiger partial charge in [-0.1, -0.05) is 32.1 Å². The highest BCUT2D eigenvalue weighted by Crippen LogP contribution is 2.39. The topological polar surface area (TPSA) is 122 Å². The molecule has 1 aliphatic carbocycles. The van der Waals surface area contributed by atoms with Gasteiger partial charge in [0.25, 0.3) is 0 Å². The first-order chi connectivity index (χ1) is 15.5. The lowest BCUT2D eigenvalue weighted by Crippen LogP contribution is -2.20. The number of pyridine rings is 2. The van der Waals surface area contributed by atoms with Gasteiger partial charge in [-0.25, -0.2) is 19.2 Å². The average molecular weight is 439 g/mol. The molecule has 2 aliphatic rings. The first-order valence-electron chi connectivity index (χ1n) is 10.7. The fourth-order valence-corrected chi connectivity index (χ4v) is 4.05. The number of carboxylic acid groups (broad SMARTS) is 1. The summed E-state index contributed by atoms with van der Waals surface area (Å²) in [5.74, 6) is 0.0287. The molecule has 0 radical (unpaired) electrons. The zero-order valence-corrected chi connectivity index (χ0v) is 17.9. The Labute approximate surface area is 185 Å². The van der Waals surface area contributed by atoms with Gasteiger partial charge in [-0.05, 0) is 30.0 Å². The van der Waals surface area contributed by atoms with Gasteiger partial charge in [0.2, 0.25) is 5.88 Å². The number of nitrogens with zero attached hydrogens (tertiary/aromatic N) is 2. The molecule has 32 heavy (non-hydrogen) atoms. The Balaban J connectivity index is 0.000000433. The largest absolute Gasteiger partial charge is 0.474 e. The van der Waals surface area contributed by atoms with Crippen molar-refractivity contribution in [1.29, 1.82) is 0 Å². The zero-order valence-electron chi connectivity index (χ0n) is 17.9. The van der Waals surface area contributed by atoms with Gasteiger partial charge in [0.1, 0.15) is 18.1 Å². The molecule has 0 bridgehead atoms. The first-order valence-corrected chi connectivity index (χ1v) is 10.7. The molecule has 5 N–H and O–H groups in total. The van der Waals surface area contributed by atoms with Crippen LogP contribution in [0.15, 0.2) is 24.5 Å². The summed E-state index contributed by atoms with van der Waals surface area (Å²) >= 11 is 0. The van der Waals surface area contributed by atoms with Gasteiger partial charge < -0.3 is 20.9 Å². The number of carbonyl (C=O) groups is 1. The van der Waals surface area contributed by atoms with Crippen molar-refractivity contribution in [3.05, 3.63) is 35.9 Å². The van der Waals surface area contributed by atoms with E-state index < -0.39 is 11.9 Å². The summed E-state index contributed by atoms with van der Waals surface area (Å²) < 4.78 is 20.5. The van der Waals surface area contributed by atoms with Crippen LogP contribution >= 0.6 is 0 Å². The standard InChI is InChI=1S/C18H16FN5O3.C5H10/c1-8-11(6-23-17-16(8)21-2-3-27-17)10-4-9-5-13(24-18(25)26)22-7-12(9)15(20)14(10)19;1-2-4-5-3-1/h4-7,21H,2-3,20H2,1H3,(H,22,24)(H,25,26);1-5H2. The second kappa shape index (κ2) is 9.25. The van der Waals surface area contributed by atoms with Crippen LogP contribution in [0, 0.1) is 12.7 Å². The van der Waals surface area contributed by atoms with Crippen molar-refractivity contribution in [3.8, 4) is 17.0 Å². The number of nitrogens with one attached hydrogen (secondary N) is 2.